The van der Waals surface area contributed by atoms with Crippen molar-refractivity contribution in [3.05, 3.63) is 88.1 Å². The van der Waals surface area contributed by atoms with Gasteiger partial charge in [-0.1, -0.05) is 68.4 Å². The van der Waals surface area contributed by atoms with Crippen molar-refractivity contribution in [1.29, 1.82) is 0 Å². The van der Waals surface area contributed by atoms with Crippen LogP contribution in [-0.2, 0) is 9.59 Å². The van der Waals surface area contributed by atoms with E-state index in [1.54, 1.807) is 11.0 Å². The van der Waals surface area contributed by atoms with Crippen molar-refractivity contribution in [1.82, 2.24) is 4.90 Å². The summed E-state index contributed by atoms with van der Waals surface area (Å²) in [4.78, 5) is 40.6. The summed E-state index contributed by atoms with van der Waals surface area (Å²) >= 11 is 0. The van der Waals surface area contributed by atoms with E-state index in [9.17, 15) is 19.5 Å². The number of carbonyl (C=O) groups excluding carboxylic acids is 2. The number of allylic oxidation sites excluding steroid dienone is 3. The molecule has 31 heavy (non-hydrogen) atoms. The fourth-order valence-electron chi connectivity index (χ4n) is 5.28. The molecule has 0 fully saturated rings. The summed E-state index contributed by atoms with van der Waals surface area (Å²) in [5.41, 5.74) is 4.37. The molecule has 5 nitrogen and oxygen atoms in total. The molecule has 5 rings (SSSR count). The fraction of sp³-hybridized carbons (Fsp3) is 0.269. The predicted octanol–water partition coefficient (Wildman–Crippen LogP) is 4.42. The van der Waals surface area contributed by atoms with Crippen LogP contribution in [0.15, 0.2) is 71.4 Å². The fourth-order valence-corrected chi connectivity index (χ4v) is 5.28. The van der Waals surface area contributed by atoms with Crippen molar-refractivity contribution in [2.75, 3.05) is 6.54 Å². The Labute approximate surface area is 180 Å². The highest BCUT2D eigenvalue weighted by molar-refractivity contribution is 6.23. The van der Waals surface area contributed by atoms with Gasteiger partial charge in [0.05, 0.1) is 5.70 Å². The second-order valence-corrected chi connectivity index (χ2v) is 9.26. The third-order valence-electron chi connectivity index (χ3n) is 6.42. The minimum atomic E-state index is -0.996. The van der Waals surface area contributed by atoms with Crippen molar-refractivity contribution in [2.45, 2.75) is 32.6 Å². The first-order chi connectivity index (χ1) is 14.8. The van der Waals surface area contributed by atoms with Crippen LogP contribution < -0.4 is 0 Å². The van der Waals surface area contributed by atoms with E-state index < -0.39 is 11.9 Å². The van der Waals surface area contributed by atoms with Crippen LogP contribution >= 0.6 is 0 Å². The number of ketones is 2. The van der Waals surface area contributed by atoms with Crippen LogP contribution in [0.2, 0.25) is 0 Å². The summed E-state index contributed by atoms with van der Waals surface area (Å²) < 4.78 is 0. The Morgan fingerprint density at radius 3 is 2.29 bits per heavy atom. The molecule has 2 aliphatic carbocycles. The van der Waals surface area contributed by atoms with Gasteiger partial charge in [-0.15, -0.1) is 0 Å². The second kappa shape index (κ2) is 6.77. The molecule has 0 amide bonds. The second-order valence-electron chi connectivity index (χ2n) is 9.26. The Kier molecular flexibility index (Phi) is 4.26. The molecule has 1 heterocycles. The Morgan fingerprint density at radius 2 is 1.61 bits per heavy atom. The summed E-state index contributed by atoms with van der Waals surface area (Å²) in [7, 11) is 0. The van der Waals surface area contributed by atoms with Crippen molar-refractivity contribution in [3.63, 3.8) is 0 Å². The summed E-state index contributed by atoms with van der Waals surface area (Å²) in [6, 6.07) is 16.9. The topological polar surface area (TPSA) is 74.7 Å². The Bertz CT molecular complexity index is 1200. The lowest BCUT2D eigenvalue weighted by atomic mass is 9.68. The van der Waals surface area contributed by atoms with Crippen molar-refractivity contribution < 1.29 is 19.5 Å². The lowest BCUT2D eigenvalue weighted by Crippen LogP contribution is -2.41. The van der Waals surface area contributed by atoms with Gasteiger partial charge in [0.2, 0.25) is 0 Å². The minimum absolute atomic E-state index is 0.00852. The summed E-state index contributed by atoms with van der Waals surface area (Å²) in [5.74, 6) is -1.62. The van der Waals surface area contributed by atoms with E-state index in [4.69, 9.17) is 0 Å². The number of carboxylic acid groups (broad SMARTS) is 1. The molecule has 0 spiro atoms. The molecule has 0 aromatic heterocycles. The zero-order valence-corrected chi connectivity index (χ0v) is 17.5. The van der Waals surface area contributed by atoms with Gasteiger partial charge < -0.3 is 10.0 Å². The van der Waals surface area contributed by atoms with Crippen LogP contribution in [-0.4, -0.2) is 34.1 Å². The lowest BCUT2D eigenvalue weighted by Gasteiger charge is -2.44. The molecule has 1 unspecified atom stereocenters. The highest BCUT2D eigenvalue weighted by atomic mass is 16.4. The van der Waals surface area contributed by atoms with Crippen LogP contribution in [0.4, 0.5) is 0 Å². The molecule has 5 heteroatoms. The predicted molar refractivity (Wildman–Crippen MR) is 116 cm³/mol. The number of carbonyl (C=O) groups is 3. The molecular formula is C26H23NO4. The molecule has 0 saturated heterocycles. The van der Waals surface area contributed by atoms with Gasteiger partial charge in [-0.3, -0.25) is 14.4 Å². The third kappa shape index (κ3) is 2.95. The van der Waals surface area contributed by atoms with E-state index in [1.807, 2.05) is 62.4 Å². The monoisotopic (exact) mass is 413 g/mol. The maximum Gasteiger partial charge on any atom is 0.323 e. The van der Waals surface area contributed by atoms with Crippen LogP contribution in [0.1, 0.15) is 54.1 Å². The van der Waals surface area contributed by atoms with Gasteiger partial charge in [-0.2, -0.15) is 0 Å². The van der Waals surface area contributed by atoms with E-state index in [2.05, 4.69) is 0 Å². The first kappa shape index (κ1) is 19.5. The molecule has 2 aromatic carbocycles. The number of aliphatic carboxylic acids is 1. The lowest BCUT2D eigenvalue weighted by molar-refractivity contribution is -0.137. The summed E-state index contributed by atoms with van der Waals surface area (Å²) in [6.07, 6.45) is 0.956. The maximum absolute atomic E-state index is 13.6. The van der Waals surface area contributed by atoms with Gasteiger partial charge in [0.15, 0.2) is 11.6 Å². The molecule has 0 bridgehead atoms. The van der Waals surface area contributed by atoms with Crippen molar-refractivity contribution >= 4 is 23.2 Å². The quantitative estimate of drug-likeness (QED) is 0.806. The van der Waals surface area contributed by atoms with E-state index in [0.717, 1.165) is 16.8 Å². The average molecular weight is 413 g/mol. The van der Waals surface area contributed by atoms with Crippen LogP contribution in [0.25, 0.3) is 5.70 Å². The van der Waals surface area contributed by atoms with E-state index in [-0.39, 0.29) is 23.5 Å². The normalized spacial score (nSPS) is 21.7. The Balaban J connectivity index is 1.83. The highest BCUT2D eigenvalue weighted by Crippen LogP contribution is 2.54. The van der Waals surface area contributed by atoms with Crippen molar-refractivity contribution in [2.24, 2.45) is 5.41 Å². The molecule has 1 atom stereocenters. The Hall–Kier alpha value is -3.47. The zero-order valence-electron chi connectivity index (χ0n) is 17.5. The SMILES string of the molecule is CC1(C)CC(=O)C2=C(C1)N(CC(=O)O)C1=C(C(=O)c3ccccc31)C2c1ccccc1. The number of rotatable bonds is 3. The number of Topliss-reactive ketones (excluding diaryl/α,β-unsaturated/α-hetero) is 2. The van der Waals surface area contributed by atoms with Gasteiger partial charge >= 0.3 is 5.97 Å². The minimum Gasteiger partial charge on any atom is -0.480 e. The molecule has 2 aromatic rings. The molecule has 156 valence electrons. The highest BCUT2D eigenvalue weighted by Gasteiger charge is 2.49. The molecular weight excluding hydrogens is 390 g/mol. The van der Waals surface area contributed by atoms with Gasteiger partial charge in [0, 0.05) is 40.3 Å². The number of nitrogens with zero attached hydrogens (tertiary/aromatic N) is 1. The van der Waals surface area contributed by atoms with Gasteiger partial charge in [-0.05, 0) is 17.4 Å². The van der Waals surface area contributed by atoms with Crippen molar-refractivity contribution in [3.8, 4) is 0 Å². The zero-order chi connectivity index (χ0) is 21.9. The average Bonchev–Trinajstić information content (AvgIpc) is 3.01. The number of hydrogen-bond donors (Lipinski definition) is 1. The van der Waals surface area contributed by atoms with Crippen LogP contribution in [0.5, 0.6) is 0 Å². The first-order valence-electron chi connectivity index (χ1n) is 10.5. The third-order valence-corrected chi connectivity index (χ3v) is 6.42. The molecule has 1 N–H and O–H groups in total. The van der Waals surface area contributed by atoms with Crippen LogP contribution in [0.3, 0.4) is 0 Å². The molecule has 1 aliphatic heterocycles. The number of fused-ring (bicyclic) bond motifs is 2. The number of carboxylic acids is 1. The molecule has 3 aliphatic rings. The van der Waals surface area contributed by atoms with Gasteiger partial charge in [0.1, 0.15) is 6.54 Å². The van der Waals surface area contributed by atoms with Gasteiger partial charge in [0.25, 0.3) is 0 Å². The molecule has 0 saturated carbocycles. The first-order valence-corrected chi connectivity index (χ1v) is 10.5. The van der Waals surface area contributed by atoms with E-state index in [1.165, 1.54) is 0 Å². The largest absolute Gasteiger partial charge is 0.480 e. The summed E-state index contributed by atoms with van der Waals surface area (Å²) in [6.45, 7) is 3.77. The Morgan fingerprint density at radius 1 is 0.968 bits per heavy atom. The summed E-state index contributed by atoms with van der Waals surface area (Å²) in [5, 5.41) is 9.71. The number of hydrogen-bond acceptors (Lipinski definition) is 4. The van der Waals surface area contributed by atoms with E-state index >= 15 is 0 Å². The standard InChI is InChI=1S/C26H23NO4/c1-26(2)12-18-22(19(28)13-26)21(15-8-4-3-5-9-15)23-24(27(18)14-20(29)30)16-10-6-7-11-17(16)25(23)31/h3-11,21H,12-14H2,1-2H3,(H,29,30). The smallest absolute Gasteiger partial charge is 0.323 e. The number of benzene rings is 2. The van der Waals surface area contributed by atoms with E-state index in [0.29, 0.717) is 35.2 Å². The van der Waals surface area contributed by atoms with Gasteiger partial charge in [-0.25, -0.2) is 0 Å². The molecule has 0 radical (unpaired) electrons. The maximum atomic E-state index is 13.6. The van der Waals surface area contributed by atoms with Crippen LogP contribution in [0, 0.1) is 5.41 Å².